The number of fused-ring (bicyclic) bond motifs is 2. The molecule has 2 bridgehead atoms. The Hall–Kier alpha value is 0.537. The quantitative estimate of drug-likeness (QED) is 0.560. The number of halogens is 1. The van der Waals surface area contributed by atoms with Crippen molar-refractivity contribution < 1.29 is 19.4 Å². The van der Waals surface area contributed by atoms with Gasteiger partial charge < -0.3 is 19.4 Å². The summed E-state index contributed by atoms with van der Waals surface area (Å²) in [5.74, 6) is 1.05. The average Bonchev–Trinajstić information content (AvgIpc) is 3.08. The highest BCUT2D eigenvalue weighted by Gasteiger charge is 2.79. The first-order valence-electron chi connectivity index (χ1n) is 8.82. The number of hydrogen-bond donors (Lipinski definition) is 2. The topological polar surface area (TPSA) is 58.9 Å². The second-order valence-electron chi connectivity index (χ2n) is 9.64. The Bertz CT molecular complexity index is 521. The highest BCUT2D eigenvalue weighted by atomic mass is 79.9. The Morgan fingerprint density at radius 2 is 1.91 bits per heavy atom. The van der Waals surface area contributed by atoms with E-state index in [0.717, 1.165) is 6.42 Å². The summed E-state index contributed by atoms with van der Waals surface area (Å²) in [6.07, 6.45) is -0.419. The normalized spacial score (nSPS) is 54.3. The van der Waals surface area contributed by atoms with Crippen LogP contribution in [-0.2, 0) is 9.16 Å². The van der Waals surface area contributed by atoms with E-state index in [2.05, 4.69) is 49.8 Å². The molecule has 4 rings (SSSR count). The highest BCUT2D eigenvalue weighted by Crippen LogP contribution is 2.72. The van der Waals surface area contributed by atoms with Crippen LogP contribution in [0.1, 0.15) is 27.2 Å². The predicted molar refractivity (Wildman–Crippen MR) is 94.1 cm³/mol. The number of hydrogen-bond acceptors (Lipinski definition) is 4. The molecule has 1 aliphatic heterocycles. The molecule has 0 aromatic rings. The van der Waals surface area contributed by atoms with E-state index >= 15 is 0 Å². The minimum atomic E-state index is -1.90. The molecule has 4 nitrogen and oxygen atoms in total. The molecule has 6 heteroatoms. The van der Waals surface area contributed by atoms with Crippen molar-refractivity contribution in [2.24, 2.45) is 23.2 Å². The largest absolute Gasteiger partial charge is 0.416 e. The zero-order chi connectivity index (χ0) is 16.9. The third-order valence-electron chi connectivity index (χ3n) is 7.79. The van der Waals surface area contributed by atoms with Crippen molar-refractivity contribution in [3.63, 3.8) is 0 Å². The average molecular weight is 405 g/mol. The fraction of sp³-hybridized carbons (Fsp3) is 1.00. The van der Waals surface area contributed by atoms with E-state index in [4.69, 9.17) is 9.16 Å². The van der Waals surface area contributed by atoms with Crippen LogP contribution in [0.25, 0.3) is 0 Å². The van der Waals surface area contributed by atoms with Gasteiger partial charge >= 0.3 is 0 Å². The summed E-state index contributed by atoms with van der Waals surface area (Å²) < 4.78 is 12.7. The molecule has 132 valence electrons. The number of aliphatic hydroxyl groups is 2. The standard InChI is InChI=1S/C17H29BrO4Si/c1-16(2,3)23(4,5)21-7-17-9-6-8-10(17)14(12(19)15(17)20)22-13(8)11(9)18/h8-15,19-20H,6-7H2,1-5H3/t8-,9-,10?,11?,12+,13+,14-,15+,17-/m1/s1. The fourth-order valence-corrected chi connectivity index (χ4v) is 7.81. The molecule has 0 amide bonds. The second kappa shape index (κ2) is 4.83. The van der Waals surface area contributed by atoms with Gasteiger partial charge in [-0.25, -0.2) is 0 Å². The molecule has 3 aliphatic carbocycles. The Kier molecular flexibility index (Phi) is 3.56. The van der Waals surface area contributed by atoms with Gasteiger partial charge in [0.2, 0.25) is 0 Å². The van der Waals surface area contributed by atoms with Gasteiger partial charge in [-0.1, -0.05) is 36.7 Å². The molecule has 1 heterocycles. The van der Waals surface area contributed by atoms with Crippen molar-refractivity contribution in [1.82, 2.24) is 0 Å². The fourth-order valence-electron chi connectivity index (χ4n) is 5.54. The van der Waals surface area contributed by atoms with Crippen molar-refractivity contribution in [2.45, 2.75) is 74.6 Å². The lowest BCUT2D eigenvalue weighted by Crippen LogP contribution is -2.55. The van der Waals surface area contributed by atoms with Crippen molar-refractivity contribution in [3.8, 4) is 0 Å². The molecule has 2 unspecified atom stereocenters. The van der Waals surface area contributed by atoms with E-state index in [1.165, 1.54) is 0 Å². The van der Waals surface area contributed by atoms with Gasteiger partial charge in [0.25, 0.3) is 0 Å². The zero-order valence-electron chi connectivity index (χ0n) is 14.6. The Balaban J connectivity index is 1.66. The predicted octanol–water partition coefficient (Wildman–Crippen LogP) is 2.53. The number of ether oxygens (including phenoxy) is 1. The first-order chi connectivity index (χ1) is 10.5. The molecule has 9 atom stereocenters. The smallest absolute Gasteiger partial charge is 0.192 e. The third kappa shape index (κ3) is 1.91. The monoisotopic (exact) mass is 404 g/mol. The van der Waals surface area contributed by atoms with Gasteiger partial charge in [-0.3, -0.25) is 0 Å². The summed E-state index contributed by atoms with van der Waals surface area (Å²) in [4.78, 5) is 0.277. The zero-order valence-corrected chi connectivity index (χ0v) is 17.2. The first kappa shape index (κ1) is 17.0. The number of alkyl halides is 1. The van der Waals surface area contributed by atoms with Crippen LogP contribution in [0, 0.1) is 23.2 Å². The van der Waals surface area contributed by atoms with Gasteiger partial charge in [-0.2, -0.15) is 0 Å². The Labute approximate surface area is 148 Å². The molecular weight excluding hydrogens is 376 g/mol. The molecule has 23 heavy (non-hydrogen) atoms. The number of rotatable bonds is 3. The SMILES string of the molecule is CC(C)(C)[Si](C)(C)OC[C@]12C3[C@H]4C[C@@H]1C(Br)[C@H]4O[C@H]3[C@H](O)[C@@H]2O. The molecule has 0 radical (unpaired) electrons. The molecule has 4 aliphatic rings. The third-order valence-corrected chi connectivity index (χ3v) is 13.4. The van der Waals surface area contributed by atoms with Crippen LogP contribution in [0.2, 0.25) is 18.1 Å². The van der Waals surface area contributed by atoms with Crippen molar-refractivity contribution in [3.05, 3.63) is 0 Å². The molecule has 2 N–H and O–H groups in total. The summed E-state index contributed by atoms with van der Waals surface area (Å²) >= 11 is 3.83. The number of aliphatic hydroxyl groups excluding tert-OH is 2. The van der Waals surface area contributed by atoms with Gasteiger partial charge in [0.1, 0.15) is 6.10 Å². The van der Waals surface area contributed by atoms with Crippen LogP contribution in [0.5, 0.6) is 0 Å². The molecule has 0 spiro atoms. The molecule has 0 aromatic heterocycles. The van der Waals surface area contributed by atoms with Crippen LogP contribution < -0.4 is 0 Å². The Morgan fingerprint density at radius 1 is 1.26 bits per heavy atom. The highest BCUT2D eigenvalue weighted by molar-refractivity contribution is 9.09. The first-order valence-corrected chi connectivity index (χ1v) is 12.6. The van der Waals surface area contributed by atoms with Crippen LogP contribution in [0.3, 0.4) is 0 Å². The van der Waals surface area contributed by atoms with Crippen molar-refractivity contribution in [1.29, 1.82) is 0 Å². The summed E-state index contributed by atoms with van der Waals surface area (Å²) in [6, 6.07) is 0. The van der Waals surface area contributed by atoms with E-state index < -0.39 is 20.5 Å². The summed E-state index contributed by atoms with van der Waals surface area (Å²) in [5, 5.41) is 21.6. The van der Waals surface area contributed by atoms with Gasteiger partial charge in [-0.05, 0) is 36.4 Å². The molecule has 3 saturated carbocycles. The van der Waals surface area contributed by atoms with Crippen molar-refractivity contribution >= 4 is 24.2 Å². The molecule has 0 aromatic carbocycles. The lowest BCUT2D eigenvalue weighted by atomic mass is 9.67. The maximum Gasteiger partial charge on any atom is 0.192 e. The van der Waals surface area contributed by atoms with Gasteiger partial charge in [-0.15, -0.1) is 0 Å². The van der Waals surface area contributed by atoms with E-state index in [1.807, 2.05) is 0 Å². The van der Waals surface area contributed by atoms with Crippen LogP contribution in [0.4, 0.5) is 0 Å². The van der Waals surface area contributed by atoms with Crippen molar-refractivity contribution in [2.75, 3.05) is 6.61 Å². The molecule has 4 fully saturated rings. The summed E-state index contributed by atoms with van der Waals surface area (Å²) in [6.45, 7) is 11.8. The van der Waals surface area contributed by atoms with E-state index in [0.29, 0.717) is 18.4 Å². The maximum absolute atomic E-state index is 10.9. The van der Waals surface area contributed by atoms with E-state index in [-0.39, 0.29) is 33.4 Å². The Morgan fingerprint density at radius 3 is 2.52 bits per heavy atom. The summed E-state index contributed by atoms with van der Waals surface area (Å²) in [7, 11) is -1.90. The lowest BCUT2D eigenvalue weighted by molar-refractivity contribution is -0.112. The van der Waals surface area contributed by atoms with Crippen LogP contribution >= 0.6 is 15.9 Å². The van der Waals surface area contributed by atoms with Crippen LogP contribution in [-0.4, -0.2) is 54.4 Å². The van der Waals surface area contributed by atoms with Crippen LogP contribution in [0.15, 0.2) is 0 Å². The minimum absolute atomic E-state index is 0.144. The summed E-state index contributed by atoms with van der Waals surface area (Å²) in [5.41, 5.74) is -0.342. The van der Waals surface area contributed by atoms with Gasteiger partial charge in [0, 0.05) is 22.8 Å². The second-order valence-corrected chi connectivity index (χ2v) is 15.5. The molecular formula is C17H29BrO4Si. The van der Waals surface area contributed by atoms with E-state index in [1.54, 1.807) is 0 Å². The van der Waals surface area contributed by atoms with Gasteiger partial charge in [0.15, 0.2) is 8.32 Å². The minimum Gasteiger partial charge on any atom is -0.416 e. The van der Waals surface area contributed by atoms with E-state index in [9.17, 15) is 10.2 Å². The molecule has 1 saturated heterocycles. The maximum atomic E-state index is 10.9. The lowest BCUT2D eigenvalue weighted by Gasteiger charge is -2.46. The van der Waals surface area contributed by atoms with Gasteiger partial charge in [0.05, 0.1) is 18.3 Å².